The van der Waals surface area contributed by atoms with E-state index in [1.54, 1.807) is 36.4 Å². The van der Waals surface area contributed by atoms with Crippen molar-refractivity contribution in [2.45, 2.75) is 12.5 Å². The fourth-order valence-corrected chi connectivity index (χ4v) is 2.91. The average Bonchev–Trinajstić information content (AvgIpc) is 2.48. The van der Waals surface area contributed by atoms with Crippen LogP contribution in [0, 0.1) is 0 Å². The van der Waals surface area contributed by atoms with Gasteiger partial charge in [-0.2, -0.15) is 0 Å². The highest BCUT2D eigenvalue weighted by atomic mass is 35.5. The molecule has 3 rings (SSSR count). The molecule has 0 radical (unpaired) electrons. The van der Waals surface area contributed by atoms with Gasteiger partial charge in [-0.05, 0) is 34.5 Å². The topological polar surface area (TPSA) is 35.5 Å². The normalized spacial score (nSPS) is 16.7. The van der Waals surface area contributed by atoms with Gasteiger partial charge in [0.05, 0.1) is 6.04 Å². The number of halogens is 4. The standard InChI is InChI=1S/C16H18F2N2O.2ClH/c17-16(18)15(20-7-5-19-6-8-20)13-2-1-12-10-14(21)4-3-11(12)9-13;;/h1-4,9-10,15-16,19,21H,5-8H2;2*1H/t15-;;/m0../s1. The van der Waals surface area contributed by atoms with Crippen molar-refractivity contribution >= 4 is 35.6 Å². The number of piperazine rings is 1. The number of phenols is 1. The van der Waals surface area contributed by atoms with Gasteiger partial charge in [0.1, 0.15) is 5.75 Å². The van der Waals surface area contributed by atoms with Crippen molar-refractivity contribution < 1.29 is 13.9 Å². The zero-order valence-electron chi connectivity index (χ0n) is 12.4. The lowest BCUT2D eigenvalue weighted by molar-refractivity contribution is 0.0182. The lowest BCUT2D eigenvalue weighted by Gasteiger charge is -2.34. The highest BCUT2D eigenvalue weighted by Gasteiger charge is 2.30. The third kappa shape index (κ3) is 4.44. The quantitative estimate of drug-likeness (QED) is 0.873. The molecule has 0 spiro atoms. The van der Waals surface area contributed by atoms with E-state index in [4.69, 9.17) is 0 Å². The van der Waals surface area contributed by atoms with Gasteiger partial charge in [-0.25, -0.2) is 8.78 Å². The molecule has 2 N–H and O–H groups in total. The lowest BCUT2D eigenvalue weighted by Crippen LogP contribution is -2.46. The highest BCUT2D eigenvalue weighted by Crippen LogP contribution is 2.31. The Morgan fingerprint density at radius 2 is 1.57 bits per heavy atom. The van der Waals surface area contributed by atoms with E-state index in [9.17, 15) is 13.9 Å². The molecule has 0 saturated carbocycles. The first-order valence-electron chi connectivity index (χ1n) is 7.11. The monoisotopic (exact) mass is 364 g/mol. The van der Waals surface area contributed by atoms with Gasteiger partial charge in [-0.1, -0.05) is 18.2 Å². The Bertz CT molecular complexity index is 637. The van der Waals surface area contributed by atoms with E-state index in [1.165, 1.54) is 0 Å². The van der Waals surface area contributed by atoms with E-state index >= 15 is 0 Å². The van der Waals surface area contributed by atoms with Gasteiger partial charge < -0.3 is 10.4 Å². The Labute approximate surface area is 146 Å². The molecule has 2 aromatic carbocycles. The molecule has 7 heteroatoms. The van der Waals surface area contributed by atoms with Crippen molar-refractivity contribution in [2.75, 3.05) is 26.2 Å². The Balaban J connectivity index is 0.00000132. The van der Waals surface area contributed by atoms with Crippen LogP contribution in [0.2, 0.25) is 0 Å². The summed E-state index contributed by atoms with van der Waals surface area (Å²) in [4.78, 5) is 1.84. The second kappa shape index (κ2) is 8.64. The first-order chi connectivity index (χ1) is 10.1. The molecule has 3 nitrogen and oxygen atoms in total. The molecule has 1 fully saturated rings. The Morgan fingerprint density at radius 1 is 0.957 bits per heavy atom. The van der Waals surface area contributed by atoms with Crippen molar-refractivity contribution in [3.63, 3.8) is 0 Å². The van der Waals surface area contributed by atoms with E-state index in [0.717, 1.165) is 23.9 Å². The number of hydrogen-bond donors (Lipinski definition) is 2. The molecule has 2 aromatic rings. The summed E-state index contributed by atoms with van der Waals surface area (Å²) < 4.78 is 27.1. The van der Waals surface area contributed by atoms with Crippen LogP contribution in [0.25, 0.3) is 10.8 Å². The van der Waals surface area contributed by atoms with Crippen LogP contribution in [0.1, 0.15) is 11.6 Å². The second-order valence-electron chi connectivity index (χ2n) is 5.36. The number of aromatic hydroxyl groups is 1. The van der Waals surface area contributed by atoms with Crippen molar-refractivity contribution in [3.05, 3.63) is 42.0 Å². The first-order valence-corrected chi connectivity index (χ1v) is 7.11. The number of fused-ring (bicyclic) bond motifs is 1. The van der Waals surface area contributed by atoms with Crippen LogP contribution in [0.15, 0.2) is 36.4 Å². The van der Waals surface area contributed by atoms with Crippen LogP contribution < -0.4 is 5.32 Å². The van der Waals surface area contributed by atoms with E-state index in [-0.39, 0.29) is 30.6 Å². The molecule has 0 bridgehead atoms. The van der Waals surface area contributed by atoms with Gasteiger partial charge >= 0.3 is 0 Å². The summed E-state index contributed by atoms with van der Waals surface area (Å²) in [5, 5.41) is 14.4. The average molecular weight is 365 g/mol. The molecule has 1 saturated heterocycles. The lowest BCUT2D eigenvalue weighted by atomic mass is 10.00. The van der Waals surface area contributed by atoms with E-state index in [1.807, 2.05) is 4.90 Å². The van der Waals surface area contributed by atoms with Gasteiger partial charge in [-0.15, -0.1) is 24.8 Å². The summed E-state index contributed by atoms with van der Waals surface area (Å²) in [6, 6.07) is 9.44. The van der Waals surface area contributed by atoms with E-state index < -0.39 is 12.5 Å². The summed E-state index contributed by atoms with van der Waals surface area (Å²) >= 11 is 0. The van der Waals surface area contributed by atoms with Gasteiger partial charge in [-0.3, -0.25) is 4.90 Å². The van der Waals surface area contributed by atoms with Crippen LogP contribution in [-0.4, -0.2) is 42.6 Å². The summed E-state index contributed by atoms with van der Waals surface area (Å²) in [5.41, 5.74) is 0.630. The largest absolute Gasteiger partial charge is 0.508 e. The van der Waals surface area contributed by atoms with Gasteiger partial charge in [0.15, 0.2) is 0 Å². The highest BCUT2D eigenvalue weighted by molar-refractivity contribution is 5.86. The van der Waals surface area contributed by atoms with Crippen LogP contribution in [0.5, 0.6) is 5.75 Å². The fraction of sp³-hybridized carbons (Fsp3) is 0.375. The third-order valence-corrected chi connectivity index (χ3v) is 3.97. The van der Waals surface area contributed by atoms with Gasteiger partial charge in [0.2, 0.25) is 0 Å². The molecule has 1 atom stereocenters. The molecule has 23 heavy (non-hydrogen) atoms. The van der Waals surface area contributed by atoms with E-state index in [2.05, 4.69) is 5.32 Å². The molecule has 0 amide bonds. The van der Waals surface area contributed by atoms with Crippen molar-refractivity contribution in [1.29, 1.82) is 0 Å². The maximum Gasteiger partial charge on any atom is 0.258 e. The molecule has 0 unspecified atom stereocenters. The predicted molar refractivity (Wildman–Crippen MR) is 93.3 cm³/mol. The number of hydrogen-bond acceptors (Lipinski definition) is 3. The molecular weight excluding hydrogens is 345 g/mol. The molecule has 0 aliphatic carbocycles. The van der Waals surface area contributed by atoms with Gasteiger partial charge in [0, 0.05) is 26.2 Å². The first kappa shape index (κ1) is 19.9. The number of nitrogens with zero attached hydrogens (tertiary/aromatic N) is 1. The number of alkyl halides is 2. The second-order valence-corrected chi connectivity index (χ2v) is 5.36. The van der Waals surface area contributed by atoms with Crippen molar-refractivity contribution in [3.8, 4) is 5.75 Å². The fourth-order valence-electron chi connectivity index (χ4n) is 2.91. The number of rotatable bonds is 3. The Kier molecular flexibility index (Phi) is 7.48. The SMILES string of the molecule is Cl.Cl.Oc1ccc2cc([C@@H](C(F)F)N3CCNCC3)ccc2c1. The molecule has 1 heterocycles. The molecule has 1 aliphatic heterocycles. The smallest absolute Gasteiger partial charge is 0.258 e. The van der Waals surface area contributed by atoms with E-state index in [0.29, 0.717) is 18.7 Å². The third-order valence-electron chi connectivity index (χ3n) is 3.97. The predicted octanol–water partition coefficient (Wildman–Crippen LogP) is 3.60. The maximum absolute atomic E-state index is 13.5. The van der Waals surface area contributed by atoms with Crippen LogP contribution >= 0.6 is 24.8 Å². The number of nitrogens with one attached hydrogen (secondary N) is 1. The molecular formula is C16H20Cl2F2N2O. The summed E-state index contributed by atoms with van der Waals surface area (Å²) in [6.45, 7) is 2.74. The van der Waals surface area contributed by atoms with Crippen LogP contribution in [0.3, 0.4) is 0 Å². The maximum atomic E-state index is 13.5. The summed E-state index contributed by atoms with van der Waals surface area (Å²) in [6.07, 6.45) is -2.42. The van der Waals surface area contributed by atoms with Gasteiger partial charge in [0.25, 0.3) is 6.43 Å². The minimum Gasteiger partial charge on any atom is -0.508 e. The van der Waals surface area contributed by atoms with Crippen molar-refractivity contribution in [1.82, 2.24) is 10.2 Å². The minimum absolute atomic E-state index is 0. The molecule has 0 aromatic heterocycles. The van der Waals surface area contributed by atoms with Crippen molar-refractivity contribution in [2.24, 2.45) is 0 Å². The molecule has 1 aliphatic rings. The molecule has 128 valence electrons. The Morgan fingerprint density at radius 3 is 2.22 bits per heavy atom. The zero-order chi connectivity index (χ0) is 14.8. The zero-order valence-corrected chi connectivity index (χ0v) is 14.0. The number of phenolic OH excluding ortho intramolecular Hbond substituents is 1. The summed E-state index contributed by atoms with van der Waals surface area (Å²) in [5.74, 6) is 0.183. The summed E-state index contributed by atoms with van der Waals surface area (Å²) in [7, 11) is 0. The van der Waals surface area contributed by atoms with Crippen LogP contribution in [0.4, 0.5) is 8.78 Å². The number of benzene rings is 2. The van der Waals surface area contributed by atoms with Crippen LogP contribution in [-0.2, 0) is 0 Å². The Hall–Kier alpha value is -1.14. The minimum atomic E-state index is -2.42.